The lowest BCUT2D eigenvalue weighted by Crippen LogP contribution is -2.43. The fourth-order valence-corrected chi connectivity index (χ4v) is 3.24. The lowest BCUT2D eigenvalue weighted by Gasteiger charge is -2.31. The van der Waals surface area contributed by atoms with Crippen molar-refractivity contribution in [1.82, 2.24) is 20.1 Å². The van der Waals surface area contributed by atoms with Crippen molar-refractivity contribution >= 4 is 17.2 Å². The summed E-state index contributed by atoms with van der Waals surface area (Å²) in [5, 5.41) is 11.1. The van der Waals surface area contributed by atoms with Crippen LogP contribution in [0.5, 0.6) is 0 Å². The van der Waals surface area contributed by atoms with Gasteiger partial charge in [0, 0.05) is 17.8 Å². The van der Waals surface area contributed by atoms with Gasteiger partial charge in [-0.2, -0.15) is 0 Å². The fraction of sp³-hybridized carbons (Fsp3) is 0.625. The van der Waals surface area contributed by atoms with Crippen molar-refractivity contribution in [2.45, 2.75) is 45.6 Å². The molecule has 0 aromatic carbocycles. The van der Waals surface area contributed by atoms with Gasteiger partial charge in [-0.3, -0.25) is 4.79 Å². The first-order chi connectivity index (χ1) is 11.6. The molecule has 7 nitrogen and oxygen atoms in total. The third kappa shape index (κ3) is 3.81. The SMILES string of the molecule is CCc1nc(CC(=O)N2CCO[C@H](c3nnc(C(C)C)o3)C2)cs1. The molecule has 0 spiro atoms. The Balaban J connectivity index is 1.62. The predicted molar refractivity (Wildman–Crippen MR) is 88.9 cm³/mol. The number of thiazole rings is 1. The normalized spacial score (nSPS) is 18.3. The van der Waals surface area contributed by atoms with Gasteiger partial charge in [0.1, 0.15) is 0 Å². The van der Waals surface area contributed by atoms with E-state index in [-0.39, 0.29) is 17.9 Å². The number of ether oxygens (including phenoxy) is 1. The summed E-state index contributed by atoms with van der Waals surface area (Å²) in [6, 6.07) is 0. The van der Waals surface area contributed by atoms with E-state index in [1.165, 1.54) is 0 Å². The Morgan fingerprint density at radius 2 is 2.29 bits per heavy atom. The first-order valence-electron chi connectivity index (χ1n) is 8.22. The quantitative estimate of drug-likeness (QED) is 0.823. The Labute approximate surface area is 145 Å². The van der Waals surface area contributed by atoms with Crippen molar-refractivity contribution in [1.29, 1.82) is 0 Å². The molecule has 8 heteroatoms. The van der Waals surface area contributed by atoms with Gasteiger partial charge in [0.25, 0.3) is 0 Å². The smallest absolute Gasteiger partial charge is 0.247 e. The van der Waals surface area contributed by atoms with Crippen LogP contribution in [-0.2, 0) is 22.4 Å². The first-order valence-corrected chi connectivity index (χ1v) is 9.10. The van der Waals surface area contributed by atoms with Crippen molar-refractivity contribution in [2.75, 3.05) is 19.7 Å². The van der Waals surface area contributed by atoms with Crippen LogP contribution < -0.4 is 0 Å². The summed E-state index contributed by atoms with van der Waals surface area (Å²) in [6.45, 7) is 7.52. The molecule has 0 radical (unpaired) electrons. The van der Waals surface area contributed by atoms with Gasteiger partial charge < -0.3 is 14.1 Å². The largest absolute Gasteiger partial charge is 0.422 e. The Hall–Kier alpha value is -1.80. The van der Waals surface area contributed by atoms with Crippen LogP contribution in [0.25, 0.3) is 0 Å². The lowest BCUT2D eigenvalue weighted by molar-refractivity contribution is -0.139. The molecule has 1 aliphatic heterocycles. The van der Waals surface area contributed by atoms with Crippen molar-refractivity contribution < 1.29 is 13.9 Å². The molecule has 1 saturated heterocycles. The highest BCUT2D eigenvalue weighted by Crippen LogP contribution is 2.24. The van der Waals surface area contributed by atoms with Crippen LogP contribution in [0.15, 0.2) is 9.80 Å². The van der Waals surface area contributed by atoms with Gasteiger partial charge in [0.2, 0.25) is 17.7 Å². The van der Waals surface area contributed by atoms with Gasteiger partial charge in [0.05, 0.1) is 30.3 Å². The summed E-state index contributed by atoms with van der Waals surface area (Å²) in [6.07, 6.45) is 0.863. The summed E-state index contributed by atoms with van der Waals surface area (Å²) in [5.41, 5.74) is 0.838. The van der Waals surface area contributed by atoms with Crippen molar-refractivity contribution in [2.24, 2.45) is 0 Å². The third-order valence-electron chi connectivity index (χ3n) is 3.88. The van der Waals surface area contributed by atoms with Crippen molar-refractivity contribution in [3.63, 3.8) is 0 Å². The van der Waals surface area contributed by atoms with Crippen LogP contribution in [0.2, 0.25) is 0 Å². The zero-order chi connectivity index (χ0) is 17.1. The van der Waals surface area contributed by atoms with Crippen LogP contribution in [0, 0.1) is 0 Å². The number of hydrogen-bond acceptors (Lipinski definition) is 7. The lowest BCUT2D eigenvalue weighted by atomic mass is 10.2. The Bertz CT molecular complexity index is 697. The molecule has 130 valence electrons. The Kier molecular flexibility index (Phi) is 5.25. The molecule has 24 heavy (non-hydrogen) atoms. The summed E-state index contributed by atoms with van der Waals surface area (Å²) in [4.78, 5) is 18.8. The van der Waals surface area contributed by atoms with Gasteiger partial charge >= 0.3 is 0 Å². The minimum absolute atomic E-state index is 0.0554. The van der Waals surface area contributed by atoms with E-state index in [0.717, 1.165) is 17.1 Å². The van der Waals surface area contributed by atoms with E-state index >= 15 is 0 Å². The van der Waals surface area contributed by atoms with E-state index in [1.54, 1.807) is 16.2 Å². The summed E-state index contributed by atoms with van der Waals surface area (Å²) < 4.78 is 11.4. The molecule has 1 aliphatic rings. The number of nitrogens with zero attached hydrogens (tertiary/aromatic N) is 4. The fourth-order valence-electron chi connectivity index (χ4n) is 2.49. The van der Waals surface area contributed by atoms with E-state index in [9.17, 15) is 4.79 Å². The maximum Gasteiger partial charge on any atom is 0.247 e. The summed E-state index contributed by atoms with van der Waals surface area (Å²) in [5.74, 6) is 1.26. The molecule has 1 amide bonds. The van der Waals surface area contributed by atoms with Crippen molar-refractivity contribution in [3.05, 3.63) is 27.9 Å². The zero-order valence-electron chi connectivity index (χ0n) is 14.2. The molecular weight excluding hydrogens is 328 g/mol. The predicted octanol–water partition coefficient (Wildman–Crippen LogP) is 2.35. The van der Waals surface area contributed by atoms with E-state index in [4.69, 9.17) is 9.15 Å². The van der Waals surface area contributed by atoms with Gasteiger partial charge in [-0.15, -0.1) is 21.5 Å². The number of rotatable bonds is 5. The van der Waals surface area contributed by atoms with E-state index in [0.29, 0.717) is 37.9 Å². The molecule has 3 rings (SSSR count). The standard InChI is InChI=1S/C16H22N4O3S/c1-4-13-17-11(9-24-13)7-14(21)20-5-6-22-12(8-20)16-19-18-15(23-16)10(2)3/h9-10,12H,4-8H2,1-3H3/t12-/m0/s1. The number of aromatic nitrogens is 3. The number of carbonyl (C=O) groups is 1. The minimum atomic E-state index is -0.357. The molecule has 0 N–H and O–H groups in total. The molecule has 1 atom stereocenters. The minimum Gasteiger partial charge on any atom is -0.422 e. The molecule has 0 saturated carbocycles. The maximum atomic E-state index is 12.5. The number of hydrogen-bond donors (Lipinski definition) is 0. The molecule has 2 aromatic rings. The van der Waals surface area contributed by atoms with Crippen LogP contribution in [-0.4, -0.2) is 45.7 Å². The maximum absolute atomic E-state index is 12.5. The highest BCUT2D eigenvalue weighted by molar-refractivity contribution is 7.09. The molecule has 1 fully saturated rings. The van der Waals surface area contributed by atoms with Crippen LogP contribution in [0.1, 0.15) is 55.3 Å². The summed E-state index contributed by atoms with van der Waals surface area (Å²) >= 11 is 1.60. The number of carbonyl (C=O) groups excluding carboxylic acids is 1. The number of morpholine rings is 1. The first kappa shape index (κ1) is 17.0. The van der Waals surface area contributed by atoms with E-state index < -0.39 is 0 Å². The second kappa shape index (κ2) is 7.40. The molecule has 2 aromatic heterocycles. The van der Waals surface area contributed by atoms with Crippen molar-refractivity contribution in [3.8, 4) is 0 Å². The average Bonchev–Trinajstić information content (AvgIpc) is 3.24. The third-order valence-corrected chi connectivity index (χ3v) is 4.92. The van der Waals surface area contributed by atoms with Crippen LogP contribution in [0.4, 0.5) is 0 Å². The Morgan fingerprint density at radius 1 is 1.46 bits per heavy atom. The van der Waals surface area contributed by atoms with Crippen LogP contribution in [0.3, 0.4) is 0 Å². The topological polar surface area (TPSA) is 81.4 Å². The number of aryl methyl sites for hydroxylation is 1. The Morgan fingerprint density at radius 3 is 2.96 bits per heavy atom. The monoisotopic (exact) mass is 350 g/mol. The average molecular weight is 350 g/mol. The molecular formula is C16H22N4O3S. The highest BCUT2D eigenvalue weighted by atomic mass is 32.1. The van der Waals surface area contributed by atoms with E-state index in [1.807, 2.05) is 19.2 Å². The van der Waals surface area contributed by atoms with Gasteiger partial charge in [-0.25, -0.2) is 4.98 Å². The van der Waals surface area contributed by atoms with Crippen LogP contribution >= 0.6 is 11.3 Å². The van der Waals surface area contributed by atoms with E-state index in [2.05, 4.69) is 22.1 Å². The zero-order valence-corrected chi connectivity index (χ0v) is 15.0. The van der Waals surface area contributed by atoms with Gasteiger partial charge in [-0.1, -0.05) is 20.8 Å². The summed E-state index contributed by atoms with van der Waals surface area (Å²) in [7, 11) is 0. The molecule has 0 bridgehead atoms. The highest BCUT2D eigenvalue weighted by Gasteiger charge is 2.29. The second-order valence-corrected chi connectivity index (χ2v) is 7.04. The second-order valence-electron chi connectivity index (χ2n) is 6.10. The van der Waals surface area contributed by atoms with Gasteiger partial charge in [-0.05, 0) is 6.42 Å². The molecule has 3 heterocycles. The molecule has 0 aliphatic carbocycles. The molecule has 0 unspecified atom stereocenters. The number of amides is 1. The van der Waals surface area contributed by atoms with Gasteiger partial charge in [0.15, 0.2) is 6.10 Å².